The molecule has 3 aliphatic rings. The number of benzene rings is 2. The van der Waals surface area contributed by atoms with Crippen molar-refractivity contribution in [2.75, 3.05) is 43.2 Å². The van der Waals surface area contributed by atoms with Gasteiger partial charge in [-0.15, -0.1) is 0 Å². The summed E-state index contributed by atoms with van der Waals surface area (Å²) in [6, 6.07) is 12.7. The fourth-order valence-electron chi connectivity index (χ4n) is 4.64. The highest BCUT2D eigenvalue weighted by Crippen LogP contribution is 2.40. The maximum absolute atomic E-state index is 13.0. The van der Waals surface area contributed by atoms with Crippen molar-refractivity contribution in [2.24, 2.45) is 0 Å². The molecule has 3 heterocycles. The Hall–Kier alpha value is -2.78. The average Bonchev–Trinajstić information content (AvgIpc) is 3.43. The molecule has 0 unspecified atom stereocenters. The lowest BCUT2D eigenvalue weighted by Crippen LogP contribution is -2.44. The van der Waals surface area contributed by atoms with E-state index in [1.54, 1.807) is 24.3 Å². The molecule has 3 aliphatic heterocycles. The predicted octanol–water partition coefficient (Wildman–Crippen LogP) is 2.43. The second kappa shape index (κ2) is 8.29. The molecule has 0 spiro atoms. The number of carbonyl (C=O) groups is 1. The number of rotatable bonds is 5. The number of carbonyl (C=O) groups excluding carboxylic acids is 1. The third kappa shape index (κ3) is 3.91. The Morgan fingerprint density at radius 1 is 1.06 bits per heavy atom. The van der Waals surface area contributed by atoms with Gasteiger partial charge in [0.05, 0.1) is 11.4 Å². The van der Waals surface area contributed by atoms with Gasteiger partial charge in [0.25, 0.3) is 5.91 Å². The number of sulfonamides is 1. The van der Waals surface area contributed by atoms with Crippen LogP contribution >= 0.6 is 0 Å². The van der Waals surface area contributed by atoms with Crippen LogP contribution in [0.3, 0.4) is 0 Å². The second-order valence-corrected chi connectivity index (χ2v) is 10.4. The van der Waals surface area contributed by atoms with Crippen LogP contribution in [0.15, 0.2) is 42.5 Å². The van der Waals surface area contributed by atoms with E-state index in [9.17, 15) is 13.2 Å². The van der Waals surface area contributed by atoms with Gasteiger partial charge in [-0.2, -0.15) is 0 Å². The number of fused-ring (bicyclic) bond motifs is 1. The molecule has 1 amide bonds. The number of nitrogens with one attached hydrogen (secondary N) is 1. The highest BCUT2D eigenvalue weighted by molar-refractivity contribution is 7.93. The van der Waals surface area contributed by atoms with Gasteiger partial charge in [-0.25, -0.2) is 8.42 Å². The van der Waals surface area contributed by atoms with Crippen LogP contribution in [0.1, 0.15) is 35.2 Å². The highest BCUT2D eigenvalue weighted by atomic mass is 32.2. The molecule has 8 nitrogen and oxygen atoms in total. The first-order valence-electron chi connectivity index (χ1n) is 10.8. The zero-order chi connectivity index (χ0) is 22.2. The first-order chi connectivity index (χ1) is 15.5. The van der Waals surface area contributed by atoms with Crippen molar-refractivity contribution < 1.29 is 27.4 Å². The summed E-state index contributed by atoms with van der Waals surface area (Å²) in [5.74, 6) is 1.37. The van der Waals surface area contributed by atoms with Crippen LogP contribution in [0.5, 0.6) is 11.5 Å². The Morgan fingerprint density at radius 3 is 2.66 bits per heavy atom. The number of nitrogens with zero attached hydrogens (tertiary/aromatic N) is 1. The maximum Gasteiger partial charge on any atom is 0.251 e. The molecule has 0 radical (unpaired) electrons. The van der Waals surface area contributed by atoms with E-state index in [0.29, 0.717) is 44.0 Å². The van der Waals surface area contributed by atoms with Crippen LogP contribution in [0.2, 0.25) is 0 Å². The van der Waals surface area contributed by atoms with Crippen molar-refractivity contribution in [1.82, 2.24) is 5.32 Å². The highest BCUT2D eigenvalue weighted by Gasteiger charge is 2.36. The summed E-state index contributed by atoms with van der Waals surface area (Å²) in [6.45, 7) is 2.34. The summed E-state index contributed by atoms with van der Waals surface area (Å²) in [5, 5.41) is 3.08. The van der Waals surface area contributed by atoms with Crippen LogP contribution in [-0.4, -0.2) is 53.2 Å². The lowest BCUT2D eigenvalue weighted by atomic mass is 9.74. The third-order valence-electron chi connectivity index (χ3n) is 6.52. The van der Waals surface area contributed by atoms with Gasteiger partial charge in [0, 0.05) is 37.3 Å². The second-order valence-electron chi connectivity index (χ2n) is 8.44. The Bertz CT molecular complexity index is 1130. The van der Waals surface area contributed by atoms with Gasteiger partial charge in [0.1, 0.15) is 0 Å². The number of hydrogen-bond donors (Lipinski definition) is 1. The molecule has 32 heavy (non-hydrogen) atoms. The van der Waals surface area contributed by atoms with Crippen molar-refractivity contribution in [3.8, 4) is 11.5 Å². The fourth-order valence-corrected chi connectivity index (χ4v) is 6.20. The first-order valence-corrected chi connectivity index (χ1v) is 12.4. The quantitative estimate of drug-likeness (QED) is 0.740. The largest absolute Gasteiger partial charge is 0.454 e. The normalized spacial score (nSPS) is 20.8. The molecular weight excluding hydrogens is 432 g/mol. The molecular formula is C23H26N2O6S. The van der Waals surface area contributed by atoms with E-state index >= 15 is 0 Å². The molecule has 0 aliphatic carbocycles. The fraction of sp³-hybridized carbons (Fsp3) is 0.435. The molecule has 9 heteroatoms. The maximum atomic E-state index is 13.0. The number of amides is 1. The van der Waals surface area contributed by atoms with Crippen molar-refractivity contribution in [3.05, 3.63) is 53.6 Å². The van der Waals surface area contributed by atoms with Gasteiger partial charge < -0.3 is 19.5 Å². The number of hydrogen-bond acceptors (Lipinski definition) is 6. The van der Waals surface area contributed by atoms with Crippen molar-refractivity contribution in [2.45, 2.75) is 24.7 Å². The summed E-state index contributed by atoms with van der Waals surface area (Å²) in [5.41, 5.74) is 1.79. The summed E-state index contributed by atoms with van der Waals surface area (Å²) in [4.78, 5) is 13.0. The third-order valence-corrected chi connectivity index (χ3v) is 8.39. The van der Waals surface area contributed by atoms with Gasteiger partial charge in [0.15, 0.2) is 11.5 Å². The van der Waals surface area contributed by atoms with Gasteiger partial charge >= 0.3 is 0 Å². The molecule has 5 rings (SSSR count). The Labute approximate surface area is 187 Å². The van der Waals surface area contributed by atoms with E-state index in [1.807, 2.05) is 18.2 Å². The van der Waals surface area contributed by atoms with E-state index in [0.717, 1.165) is 29.9 Å². The van der Waals surface area contributed by atoms with Crippen LogP contribution in [0, 0.1) is 0 Å². The molecule has 0 saturated carbocycles. The SMILES string of the molecule is O=C(NCC1(c2ccc3c(c2)OCO3)CCOCC1)c1cccc(N2CCCS2(=O)=O)c1. The van der Waals surface area contributed by atoms with Gasteiger partial charge in [-0.1, -0.05) is 12.1 Å². The van der Waals surface area contributed by atoms with Crippen molar-refractivity contribution in [1.29, 1.82) is 0 Å². The minimum absolute atomic E-state index is 0.142. The summed E-state index contributed by atoms with van der Waals surface area (Å²) >= 11 is 0. The molecule has 2 saturated heterocycles. The lowest BCUT2D eigenvalue weighted by Gasteiger charge is -2.38. The van der Waals surface area contributed by atoms with Crippen LogP contribution < -0.4 is 19.1 Å². The number of ether oxygens (including phenoxy) is 3. The van der Waals surface area contributed by atoms with E-state index < -0.39 is 10.0 Å². The Morgan fingerprint density at radius 2 is 1.88 bits per heavy atom. The van der Waals surface area contributed by atoms with Crippen molar-refractivity contribution >= 4 is 21.6 Å². The van der Waals surface area contributed by atoms with Gasteiger partial charge in [0.2, 0.25) is 16.8 Å². The van der Waals surface area contributed by atoms with E-state index in [1.165, 1.54) is 4.31 Å². The molecule has 2 aromatic rings. The smallest absolute Gasteiger partial charge is 0.251 e. The van der Waals surface area contributed by atoms with E-state index in [4.69, 9.17) is 14.2 Å². The zero-order valence-electron chi connectivity index (χ0n) is 17.7. The molecule has 0 atom stereocenters. The molecule has 2 fully saturated rings. The molecule has 1 N–H and O–H groups in total. The summed E-state index contributed by atoms with van der Waals surface area (Å²) in [6.07, 6.45) is 2.15. The zero-order valence-corrected chi connectivity index (χ0v) is 18.5. The Balaban J connectivity index is 1.35. The monoisotopic (exact) mass is 458 g/mol. The molecule has 2 aromatic carbocycles. The van der Waals surface area contributed by atoms with Crippen LogP contribution in [0.25, 0.3) is 0 Å². The topological polar surface area (TPSA) is 94.2 Å². The van der Waals surface area contributed by atoms with E-state index in [-0.39, 0.29) is 23.9 Å². The van der Waals surface area contributed by atoms with Gasteiger partial charge in [-0.05, 0) is 55.2 Å². The Kier molecular flexibility index (Phi) is 5.46. The van der Waals surface area contributed by atoms with Gasteiger partial charge in [-0.3, -0.25) is 9.10 Å². The minimum Gasteiger partial charge on any atom is -0.454 e. The molecule has 0 aromatic heterocycles. The standard InChI is InChI=1S/C23H26N2O6S/c26-22(17-3-1-4-19(13-17)25-9-2-12-32(25,27)28)24-15-23(7-10-29-11-8-23)18-5-6-20-21(14-18)31-16-30-20/h1,3-6,13-14H,2,7-12,15-16H2,(H,24,26). The van der Waals surface area contributed by atoms with Crippen LogP contribution in [-0.2, 0) is 20.2 Å². The number of anilines is 1. The average molecular weight is 459 g/mol. The first kappa shape index (κ1) is 21.1. The summed E-state index contributed by atoms with van der Waals surface area (Å²) < 4.78 is 42.5. The molecule has 170 valence electrons. The predicted molar refractivity (Wildman–Crippen MR) is 119 cm³/mol. The molecule has 0 bridgehead atoms. The van der Waals surface area contributed by atoms with Crippen LogP contribution in [0.4, 0.5) is 5.69 Å². The van der Waals surface area contributed by atoms with E-state index in [2.05, 4.69) is 5.32 Å². The van der Waals surface area contributed by atoms with Crippen molar-refractivity contribution in [3.63, 3.8) is 0 Å². The summed E-state index contributed by atoms with van der Waals surface area (Å²) in [7, 11) is -3.30. The lowest BCUT2D eigenvalue weighted by molar-refractivity contribution is 0.0486. The minimum atomic E-state index is -3.30.